The molecule has 0 amide bonds. The third-order valence-electron chi connectivity index (χ3n) is 11.3. The molecule has 0 unspecified atom stereocenters. The number of rotatable bonds is 19. The van der Waals surface area contributed by atoms with E-state index in [1.165, 1.54) is 48.4 Å². The molecule has 0 aromatic carbocycles. The minimum absolute atomic E-state index is 0.366. The van der Waals surface area contributed by atoms with E-state index in [0.717, 1.165) is 87.3 Å². The van der Waals surface area contributed by atoms with Crippen LogP contribution in [0.4, 0.5) is 0 Å². The van der Waals surface area contributed by atoms with Crippen LogP contribution in [0.2, 0.25) is 0 Å². The first-order chi connectivity index (χ1) is 30.4. The van der Waals surface area contributed by atoms with Crippen LogP contribution in [0.1, 0.15) is 123 Å². The molecule has 0 bridgehead atoms. The topological polar surface area (TPSA) is 132 Å². The molecule has 8 rings (SSSR count). The van der Waals surface area contributed by atoms with Gasteiger partial charge in [-0.05, 0) is 61.4 Å². The zero-order valence-corrected chi connectivity index (χ0v) is 39.7. The van der Waals surface area contributed by atoms with E-state index in [2.05, 4.69) is 86.7 Å². The van der Waals surface area contributed by atoms with E-state index in [1.54, 1.807) is 45.3 Å². The van der Waals surface area contributed by atoms with Crippen molar-refractivity contribution in [3.8, 4) is 73.0 Å². The molecule has 2 aliphatic rings. The van der Waals surface area contributed by atoms with Gasteiger partial charge in [-0.1, -0.05) is 65.2 Å². The number of thiophene rings is 6. The van der Waals surface area contributed by atoms with Gasteiger partial charge in [-0.2, -0.15) is 21.0 Å². The number of nitriles is 4. The summed E-state index contributed by atoms with van der Waals surface area (Å²) in [5.74, 6) is -1.97. The number of hydrogen-bond acceptors (Lipinski definition) is 14. The molecular formula is C48H46N4O4S6. The Labute approximate surface area is 387 Å². The van der Waals surface area contributed by atoms with Gasteiger partial charge in [0.25, 0.3) is 0 Å². The molecule has 8 heterocycles. The highest BCUT2D eigenvalue weighted by atomic mass is 32.1. The molecule has 14 heteroatoms. The molecule has 8 nitrogen and oxygen atoms in total. The van der Waals surface area contributed by atoms with E-state index in [-0.39, 0.29) is 0 Å². The van der Waals surface area contributed by atoms with Crippen LogP contribution in [0.3, 0.4) is 0 Å². The SMILES string of the molecule is CCCCCCCC1(c2sc(-c3ccc(-c4ccc(-c5ccc(-c6ccc(-c7sc(C8(CCCCCCC)OCCO8)c(C#N)c7C#N)s6)s5)s4)s3)c(C#N)c2C#N)OCCO1. The molecule has 0 saturated carbocycles. The van der Waals surface area contributed by atoms with E-state index in [4.69, 9.17) is 18.9 Å². The Morgan fingerprint density at radius 3 is 1.00 bits per heavy atom. The first-order valence-electron chi connectivity index (χ1n) is 21.3. The molecule has 0 atom stereocenters. The third-order valence-corrected chi connectivity index (χ3v) is 19.2. The summed E-state index contributed by atoms with van der Waals surface area (Å²) in [5, 5.41) is 41.3. The van der Waals surface area contributed by atoms with Crippen molar-refractivity contribution in [1.82, 2.24) is 0 Å². The summed E-state index contributed by atoms with van der Waals surface area (Å²) >= 11 is 9.64. The van der Waals surface area contributed by atoms with Crippen LogP contribution in [-0.2, 0) is 30.5 Å². The highest BCUT2D eigenvalue weighted by Gasteiger charge is 2.45. The highest BCUT2D eigenvalue weighted by molar-refractivity contribution is 7.30. The highest BCUT2D eigenvalue weighted by Crippen LogP contribution is 2.52. The lowest BCUT2D eigenvalue weighted by atomic mass is 10.00. The average Bonchev–Trinajstić information content (AvgIpc) is 4.15. The Hall–Kier alpha value is -4.00. The lowest BCUT2D eigenvalue weighted by Gasteiger charge is -2.26. The van der Waals surface area contributed by atoms with Crippen LogP contribution in [0.5, 0.6) is 0 Å². The zero-order valence-electron chi connectivity index (χ0n) is 34.8. The predicted octanol–water partition coefficient (Wildman–Crippen LogP) is 15.0. The predicted molar refractivity (Wildman–Crippen MR) is 254 cm³/mol. The van der Waals surface area contributed by atoms with Crippen molar-refractivity contribution in [3.63, 3.8) is 0 Å². The molecule has 2 aliphatic heterocycles. The molecule has 0 aliphatic carbocycles. The Morgan fingerprint density at radius 1 is 0.403 bits per heavy atom. The first-order valence-corrected chi connectivity index (χ1v) is 26.2. The monoisotopic (exact) mass is 934 g/mol. The second-order valence-corrected chi connectivity index (χ2v) is 21.7. The molecule has 62 heavy (non-hydrogen) atoms. The van der Waals surface area contributed by atoms with Crippen LogP contribution in [0.25, 0.3) is 48.8 Å². The summed E-state index contributed by atoms with van der Waals surface area (Å²) in [4.78, 5) is 11.7. The molecule has 0 radical (unpaired) electrons. The fourth-order valence-electron chi connectivity index (χ4n) is 8.17. The molecule has 2 fully saturated rings. The number of hydrogen-bond donors (Lipinski definition) is 0. The maximum atomic E-state index is 10.3. The van der Waals surface area contributed by atoms with Crippen molar-refractivity contribution in [2.45, 2.75) is 102 Å². The van der Waals surface area contributed by atoms with Crippen molar-refractivity contribution in [1.29, 1.82) is 21.0 Å². The minimum Gasteiger partial charge on any atom is -0.343 e. The fraction of sp³-hybridized carbons (Fsp3) is 0.417. The van der Waals surface area contributed by atoms with Gasteiger partial charge in [0.15, 0.2) is 0 Å². The largest absolute Gasteiger partial charge is 0.343 e. The van der Waals surface area contributed by atoms with Crippen LogP contribution >= 0.6 is 68.0 Å². The molecule has 318 valence electrons. The maximum absolute atomic E-state index is 10.3. The number of ether oxygens (including phenoxy) is 4. The van der Waals surface area contributed by atoms with Gasteiger partial charge < -0.3 is 18.9 Å². The summed E-state index contributed by atoms with van der Waals surface area (Å²) < 4.78 is 25.0. The summed E-state index contributed by atoms with van der Waals surface area (Å²) in [5.41, 5.74) is 1.52. The summed E-state index contributed by atoms with van der Waals surface area (Å²) in [6.45, 7) is 6.27. The second-order valence-electron chi connectivity index (χ2n) is 15.4. The van der Waals surface area contributed by atoms with Gasteiger partial charge in [-0.15, -0.1) is 68.0 Å². The Kier molecular flexibility index (Phi) is 14.6. The second kappa shape index (κ2) is 20.2. The number of nitrogens with zero attached hydrogens (tertiary/aromatic N) is 4. The standard InChI is InChI=1S/C48H46N4O4S6/c1-3-5-7-9-11-21-47(53-23-24-54-47)45-33(29-51)31(27-49)43(61-45)41-19-17-39(59-41)37-15-13-35(57-37)36-14-16-38(58-36)40-18-20-42(60-40)44-32(28-50)34(30-52)46(62-44)48(55-25-26-56-48)22-12-10-8-6-4-2/h13-20H,3-12,21-26H2,1-2H3. The van der Waals surface area contributed by atoms with E-state index in [1.807, 2.05) is 0 Å². The average molecular weight is 935 g/mol. The van der Waals surface area contributed by atoms with Gasteiger partial charge in [0.2, 0.25) is 11.6 Å². The summed E-state index contributed by atoms with van der Waals surface area (Å²) in [7, 11) is 0. The Bertz CT molecular complexity index is 2490. The summed E-state index contributed by atoms with van der Waals surface area (Å²) in [6, 6.07) is 26.3. The smallest absolute Gasteiger partial charge is 0.205 e. The van der Waals surface area contributed by atoms with Gasteiger partial charge in [0, 0.05) is 51.9 Å². The van der Waals surface area contributed by atoms with Gasteiger partial charge in [-0.3, -0.25) is 0 Å². The van der Waals surface area contributed by atoms with Crippen molar-refractivity contribution in [2.75, 3.05) is 26.4 Å². The van der Waals surface area contributed by atoms with Gasteiger partial charge >= 0.3 is 0 Å². The fourth-order valence-corrected chi connectivity index (χ4v) is 15.4. The minimum atomic E-state index is -0.983. The lowest BCUT2D eigenvalue weighted by Crippen LogP contribution is -2.27. The molecule has 0 N–H and O–H groups in total. The van der Waals surface area contributed by atoms with Crippen LogP contribution in [0, 0.1) is 45.3 Å². The van der Waals surface area contributed by atoms with Gasteiger partial charge in [0.05, 0.1) is 68.2 Å². The first kappa shape index (κ1) is 44.6. The zero-order chi connectivity index (χ0) is 43.1. The van der Waals surface area contributed by atoms with Crippen molar-refractivity contribution in [2.24, 2.45) is 0 Å². The number of unbranched alkanes of at least 4 members (excludes halogenated alkanes) is 8. The normalized spacial score (nSPS) is 15.4. The molecular weight excluding hydrogens is 889 g/mol. The van der Waals surface area contributed by atoms with E-state index in [0.29, 0.717) is 71.3 Å². The van der Waals surface area contributed by atoms with Crippen molar-refractivity contribution in [3.05, 3.63) is 80.5 Å². The van der Waals surface area contributed by atoms with Gasteiger partial charge in [0.1, 0.15) is 24.3 Å². The van der Waals surface area contributed by atoms with Crippen LogP contribution in [-0.4, -0.2) is 26.4 Å². The van der Waals surface area contributed by atoms with Crippen LogP contribution in [0.15, 0.2) is 48.5 Å². The molecule has 6 aromatic heterocycles. The molecule has 0 spiro atoms. The Morgan fingerprint density at radius 2 is 0.694 bits per heavy atom. The van der Waals surface area contributed by atoms with Crippen molar-refractivity contribution >= 4 is 68.0 Å². The Balaban J connectivity index is 1.01. The van der Waals surface area contributed by atoms with E-state index < -0.39 is 11.6 Å². The lowest BCUT2D eigenvalue weighted by molar-refractivity contribution is -0.169. The maximum Gasteiger partial charge on any atom is 0.205 e. The van der Waals surface area contributed by atoms with Crippen LogP contribution < -0.4 is 0 Å². The van der Waals surface area contributed by atoms with E-state index in [9.17, 15) is 21.0 Å². The quantitative estimate of drug-likeness (QED) is 0.0734. The molecule has 6 aromatic rings. The third kappa shape index (κ3) is 8.90. The summed E-state index contributed by atoms with van der Waals surface area (Å²) in [6.07, 6.45) is 12.4. The van der Waals surface area contributed by atoms with E-state index >= 15 is 0 Å². The molecule has 2 saturated heterocycles. The van der Waals surface area contributed by atoms with Crippen molar-refractivity contribution < 1.29 is 18.9 Å². The van der Waals surface area contributed by atoms with Gasteiger partial charge in [-0.25, -0.2) is 0 Å².